The number of alkyl halides is 2. The van der Waals surface area contributed by atoms with Crippen molar-refractivity contribution in [2.45, 2.75) is 49.2 Å². The molecule has 2 unspecified atom stereocenters. The number of H-pyrrole nitrogens is 1. The number of ether oxygens (including phenoxy) is 2. The first-order valence-corrected chi connectivity index (χ1v) is 18.0. The molecule has 4 aromatic rings. The van der Waals surface area contributed by atoms with Crippen LogP contribution < -0.4 is 26.8 Å². The van der Waals surface area contributed by atoms with Crippen molar-refractivity contribution in [2.24, 2.45) is 0 Å². The van der Waals surface area contributed by atoms with Crippen LogP contribution in [0.1, 0.15) is 12.5 Å². The van der Waals surface area contributed by atoms with Gasteiger partial charge in [-0.1, -0.05) is 23.6 Å². The van der Waals surface area contributed by atoms with Crippen LogP contribution in [0.25, 0.3) is 22.3 Å². The lowest BCUT2D eigenvalue weighted by molar-refractivity contribution is -0.221. The summed E-state index contributed by atoms with van der Waals surface area (Å²) in [6, 6.07) is 0. The van der Waals surface area contributed by atoms with Gasteiger partial charge >= 0.3 is 0 Å². The smallest absolute Gasteiger partial charge is 0.280 e. The predicted molar refractivity (Wildman–Crippen MR) is 150 cm³/mol. The van der Waals surface area contributed by atoms with Gasteiger partial charge in [0.15, 0.2) is 47.4 Å². The zero-order chi connectivity index (χ0) is 31.8. The largest absolute Gasteiger partial charge is 0.780 e. The zero-order valence-corrected chi connectivity index (χ0v) is 25.6. The molecule has 45 heavy (non-hydrogen) atoms. The lowest BCUT2D eigenvalue weighted by atomic mass is 10.1. The van der Waals surface area contributed by atoms with E-state index in [9.17, 15) is 14.6 Å². The van der Waals surface area contributed by atoms with Crippen LogP contribution in [0.5, 0.6) is 0 Å². The molecule has 3 fully saturated rings. The van der Waals surface area contributed by atoms with Gasteiger partial charge in [0.25, 0.3) is 5.56 Å². The third kappa shape index (κ3) is 5.55. The summed E-state index contributed by atoms with van der Waals surface area (Å²) in [4.78, 5) is 61.1. The van der Waals surface area contributed by atoms with Gasteiger partial charge in [-0.25, -0.2) is 28.7 Å². The number of nitrogens with one attached hydrogen (secondary N) is 1. The molecule has 10 atom stereocenters. The lowest BCUT2D eigenvalue weighted by Crippen LogP contribution is -2.36. The molecule has 0 spiro atoms. The number of rotatable bonds is 2. The zero-order valence-electron chi connectivity index (χ0n) is 22.2. The third-order valence-corrected chi connectivity index (χ3v) is 10.3. The Hall–Kier alpha value is -2.66. The Bertz CT molecular complexity index is 1950. The number of imidazole rings is 2. The molecule has 3 aliphatic heterocycles. The highest BCUT2D eigenvalue weighted by molar-refractivity contribution is 8.06. The lowest BCUT2D eigenvalue weighted by Gasteiger charge is -2.35. The van der Waals surface area contributed by atoms with Gasteiger partial charge in [0, 0.05) is 0 Å². The Morgan fingerprint density at radius 1 is 0.867 bits per heavy atom. The molecule has 0 radical (unpaired) electrons. The number of aromatic nitrogens is 8. The van der Waals surface area contributed by atoms with Crippen molar-refractivity contribution in [1.82, 2.24) is 39.0 Å². The van der Waals surface area contributed by atoms with Crippen LogP contribution in [0.3, 0.4) is 0 Å². The molecule has 5 N–H and O–H groups in total. The second-order valence-corrected chi connectivity index (χ2v) is 15.4. The quantitative estimate of drug-likeness (QED) is 0.202. The van der Waals surface area contributed by atoms with E-state index in [1.165, 1.54) is 10.9 Å². The van der Waals surface area contributed by atoms with E-state index in [0.717, 1.165) is 17.2 Å². The first-order valence-electron chi connectivity index (χ1n) is 12.8. The van der Waals surface area contributed by atoms with Gasteiger partial charge in [-0.3, -0.25) is 18.9 Å². The Morgan fingerprint density at radius 2 is 1.49 bits per heavy atom. The summed E-state index contributed by atoms with van der Waals surface area (Å²) in [6.07, 6.45) is -10.3. The topological polar surface area (TPSA) is 261 Å². The van der Waals surface area contributed by atoms with Gasteiger partial charge in [-0.05, 0) is 0 Å². The monoisotopic (exact) mass is 708 g/mol. The molecule has 3 saturated heterocycles. The number of nitrogens with zero attached hydrogens (tertiary/aromatic N) is 7. The van der Waals surface area contributed by atoms with Crippen molar-refractivity contribution in [2.75, 3.05) is 24.7 Å². The number of anilines is 2. The SMILES string of the molecule is Nc1nc2c(ncn2[C@@H]2O[C@@H]3COP([O-])(=S)O[C@H]4[C@H](F)[C@H](n5cnc6c(N)ncnc65)O[C@@H]4COP([O-])(=S)O[C@@H]2[C@@H]3F)c(=O)[nH]1. The molecule has 0 saturated carbocycles. The van der Waals surface area contributed by atoms with Crippen LogP contribution in [-0.2, 0) is 51.2 Å². The van der Waals surface area contributed by atoms with Gasteiger partial charge in [-0.2, -0.15) is 4.98 Å². The van der Waals surface area contributed by atoms with Crippen molar-refractivity contribution in [3.63, 3.8) is 0 Å². The second kappa shape index (κ2) is 11.2. The van der Waals surface area contributed by atoms with Crippen molar-refractivity contribution >= 4 is 71.1 Å². The minimum atomic E-state index is -4.61. The molecule has 19 nitrogen and oxygen atoms in total. The fraction of sp³-hybridized carbons (Fsp3) is 0.500. The highest BCUT2D eigenvalue weighted by atomic mass is 32.5. The molecule has 0 aromatic carbocycles. The average Bonchev–Trinajstić information content (AvgIpc) is 3.72. The van der Waals surface area contributed by atoms with Gasteiger partial charge in [0.2, 0.25) is 5.95 Å². The molecule has 2 bridgehead atoms. The van der Waals surface area contributed by atoms with E-state index in [2.05, 4.69) is 29.9 Å². The molecule has 4 aromatic heterocycles. The number of fused-ring (bicyclic) bond motifs is 5. The van der Waals surface area contributed by atoms with E-state index >= 15 is 8.78 Å². The number of halogens is 2. The predicted octanol–water partition coefficient (Wildman–Crippen LogP) is -1.42. The van der Waals surface area contributed by atoms with E-state index in [1.807, 2.05) is 0 Å². The molecule has 0 amide bonds. The van der Waals surface area contributed by atoms with Crippen LogP contribution in [0.4, 0.5) is 20.5 Å². The van der Waals surface area contributed by atoms with Crippen molar-refractivity contribution in [3.05, 3.63) is 29.3 Å². The number of nitrogen functional groups attached to an aromatic ring is 2. The highest BCUT2D eigenvalue weighted by Crippen LogP contribution is 2.52. The van der Waals surface area contributed by atoms with Gasteiger partial charge < -0.3 is 48.8 Å². The summed E-state index contributed by atoms with van der Waals surface area (Å²) >= 11 is 10.0. The van der Waals surface area contributed by atoms with E-state index in [0.29, 0.717) is 0 Å². The summed E-state index contributed by atoms with van der Waals surface area (Å²) in [5.74, 6) is -0.252. The van der Waals surface area contributed by atoms with Crippen molar-refractivity contribution < 1.29 is 46.1 Å². The number of aromatic amines is 1. The van der Waals surface area contributed by atoms with Crippen molar-refractivity contribution in [1.29, 1.82) is 0 Å². The molecule has 25 heteroatoms. The van der Waals surface area contributed by atoms with Crippen molar-refractivity contribution in [3.8, 4) is 0 Å². The molecule has 7 rings (SSSR count). The fourth-order valence-corrected chi connectivity index (χ4v) is 8.03. The summed E-state index contributed by atoms with van der Waals surface area (Å²) in [7, 11) is 0. The maximum Gasteiger partial charge on any atom is 0.280 e. The average molecular weight is 709 g/mol. The Kier molecular flexibility index (Phi) is 7.74. The molecule has 3 aliphatic rings. The second-order valence-electron chi connectivity index (χ2n) is 10.0. The maximum atomic E-state index is 16.0. The van der Waals surface area contributed by atoms with Crippen LogP contribution in [0, 0.1) is 0 Å². The molecule has 242 valence electrons. The third-order valence-electron chi connectivity index (χ3n) is 7.21. The molecular formula is C20H20F2N10O9P2S2-2. The minimum absolute atomic E-state index is 0.0259. The van der Waals surface area contributed by atoms with Crippen LogP contribution in [0.15, 0.2) is 23.8 Å². The number of hydrogen-bond acceptors (Lipinski definition) is 18. The Balaban J connectivity index is 1.21. The maximum absolute atomic E-state index is 16.0. The van der Waals surface area contributed by atoms with Crippen LogP contribution >= 0.6 is 13.4 Å². The standard InChI is InChI=1S/C20H22F2N10O9P2S2/c21-8-6-1-36-42(34,44)40-12-7(39-18(9(12)22)31-4-27-10-14(23)25-3-26-15(10)31)2-37-43(35,45)41-13(8)19(38-6)32-5-28-11-16(32)29-20(24)30-17(11)33/h3-9,12-13,18-19H,1-2H2,(H,34,44)(H,35,45)(H2,23,25,26)(H3,24,29,30,33)/p-2/t6-,7-,8-,9+,12-,13-,18-,19-,42?,43?/m1/s1. The van der Waals surface area contributed by atoms with Crippen LogP contribution in [0.2, 0.25) is 0 Å². The molecule has 0 aliphatic carbocycles. The van der Waals surface area contributed by atoms with Gasteiger partial charge in [0.05, 0.1) is 25.9 Å². The fourth-order valence-electron chi connectivity index (χ4n) is 5.22. The van der Waals surface area contributed by atoms with Gasteiger partial charge in [-0.15, -0.1) is 0 Å². The summed E-state index contributed by atoms with van der Waals surface area (Å²) < 4.78 is 67.1. The van der Waals surface area contributed by atoms with E-state index in [-0.39, 0.29) is 34.1 Å². The van der Waals surface area contributed by atoms with Crippen LogP contribution in [-0.4, -0.2) is 89.0 Å². The summed E-state index contributed by atoms with van der Waals surface area (Å²) in [5, 5.41) is 0. The highest BCUT2D eigenvalue weighted by Gasteiger charge is 2.52. The summed E-state index contributed by atoms with van der Waals surface area (Å²) in [6.45, 7) is -10.7. The summed E-state index contributed by atoms with van der Waals surface area (Å²) in [5.41, 5.74) is 10.8. The molecular weight excluding hydrogens is 688 g/mol. The first-order chi connectivity index (χ1) is 21.3. The first kappa shape index (κ1) is 31.0. The Morgan fingerprint density at radius 3 is 2.22 bits per heavy atom. The Labute approximate surface area is 259 Å². The van der Waals surface area contributed by atoms with E-state index in [4.69, 9.17) is 62.6 Å². The van der Waals surface area contributed by atoms with E-state index in [1.54, 1.807) is 0 Å². The van der Waals surface area contributed by atoms with Gasteiger partial charge in [0.1, 0.15) is 49.7 Å². The van der Waals surface area contributed by atoms with E-state index < -0.39 is 81.4 Å². The molecule has 7 heterocycles. The minimum Gasteiger partial charge on any atom is -0.780 e. The number of hydrogen-bond donors (Lipinski definition) is 3. The normalized spacial score (nSPS) is 37.7. The number of nitrogens with two attached hydrogens (primary N) is 2.